The van der Waals surface area contributed by atoms with Crippen LogP contribution in [0.5, 0.6) is 0 Å². The van der Waals surface area contributed by atoms with Crippen LogP contribution >= 0.6 is 0 Å². The molecule has 0 fully saturated rings. The highest BCUT2D eigenvalue weighted by Crippen LogP contribution is 2.62. The molecule has 0 heterocycles. The summed E-state index contributed by atoms with van der Waals surface area (Å²) in [5, 5.41) is 0. The molecule has 0 N–H and O–H groups in total. The Morgan fingerprint density at radius 3 is 1.40 bits per heavy atom. The first-order chi connectivity index (χ1) is 30.3. The van der Waals surface area contributed by atoms with E-state index in [1.165, 1.54) is 89.0 Å². The summed E-state index contributed by atoms with van der Waals surface area (Å²) in [6, 6.07) is 79.6. The molecule has 9 aromatic rings. The van der Waals surface area contributed by atoms with E-state index in [0.717, 1.165) is 17.1 Å². The van der Waals surface area contributed by atoms with Gasteiger partial charge in [0.05, 0.1) is 11.1 Å². The maximum absolute atomic E-state index is 2.50. The van der Waals surface area contributed by atoms with Crippen molar-refractivity contribution in [3.05, 3.63) is 257 Å². The SMILES string of the molecule is CC1(C)c2ccccc2-c2ccc(N(c3ccc(-c4ccc5c(c4)C4(c6ccccc6-5)c5ccccc5C(C)(C)c5ccccc54)cc3)c3ccccc3-c3ccccc3)cc21. The number of para-hydroxylation sites is 1. The smallest absolute Gasteiger partial charge is 0.0719 e. The maximum Gasteiger partial charge on any atom is 0.0719 e. The van der Waals surface area contributed by atoms with Crippen molar-refractivity contribution in [1.82, 2.24) is 0 Å². The normalized spacial score (nSPS) is 15.2. The molecular weight excluding hydrogens is 747 g/mol. The highest BCUT2D eigenvalue weighted by atomic mass is 15.1. The van der Waals surface area contributed by atoms with Gasteiger partial charge in [-0.25, -0.2) is 0 Å². The van der Waals surface area contributed by atoms with Crippen molar-refractivity contribution in [3.8, 4) is 44.5 Å². The summed E-state index contributed by atoms with van der Waals surface area (Å²) < 4.78 is 0. The number of hydrogen-bond donors (Lipinski definition) is 0. The fourth-order valence-electron chi connectivity index (χ4n) is 11.6. The fourth-order valence-corrected chi connectivity index (χ4v) is 11.6. The molecule has 0 radical (unpaired) electrons. The van der Waals surface area contributed by atoms with Crippen molar-refractivity contribution in [2.75, 3.05) is 4.90 Å². The third-order valence-electron chi connectivity index (χ3n) is 14.6. The Hall–Kier alpha value is -7.22. The average Bonchev–Trinajstić information content (AvgIpc) is 3.74. The van der Waals surface area contributed by atoms with Crippen LogP contribution in [0.1, 0.15) is 72.2 Å². The van der Waals surface area contributed by atoms with E-state index in [1.807, 2.05) is 0 Å². The predicted molar refractivity (Wildman–Crippen MR) is 259 cm³/mol. The molecule has 1 spiro atoms. The number of benzene rings is 9. The molecule has 9 aromatic carbocycles. The summed E-state index contributed by atoms with van der Waals surface area (Å²) in [5.41, 5.74) is 23.9. The van der Waals surface area contributed by atoms with Crippen molar-refractivity contribution in [2.45, 2.75) is 43.9 Å². The van der Waals surface area contributed by atoms with Crippen molar-refractivity contribution in [3.63, 3.8) is 0 Å². The Morgan fingerprint density at radius 1 is 0.274 bits per heavy atom. The zero-order valence-electron chi connectivity index (χ0n) is 35.7. The Bertz CT molecular complexity index is 3190. The number of hydrogen-bond acceptors (Lipinski definition) is 1. The van der Waals surface area contributed by atoms with Gasteiger partial charge in [0.25, 0.3) is 0 Å². The average molecular weight is 794 g/mol. The number of anilines is 3. The van der Waals surface area contributed by atoms with Gasteiger partial charge in [-0.3, -0.25) is 0 Å². The second-order valence-electron chi connectivity index (χ2n) is 18.4. The van der Waals surface area contributed by atoms with E-state index < -0.39 is 5.41 Å². The van der Waals surface area contributed by atoms with Crippen LogP contribution in [0, 0.1) is 0 Å². The first kappa shape index (κ1) is 36.6. The van der Waals surface area contributed by atoms with E-state index in [-0.39, 0.29) is 10.8 Å². The minimum Gasteiger partial charge on any atom is -0.310 e. The van der Waals surface area contributed by atoms with E-state index >= 15 is 0 Å². The topological polar surface area (TPSA) is 3.24 Å². The van der Waals surface area contributed by atoms with Crippen LogP contribution in [0.2, 0.25) is 0 Å². The summed E-state index contributed by atoms with van der Waals surface area (Å²) in [6.07, 6.45) is 0. The summed E-state index contributed by atoms with van der Waals surface area (Å²) in [6.45, 7) is 9.51. The van der Waals surface area contributed by atoms with Crippen molar-refractivity contribution >= 4 is 17.1 Å². The lowest BCUT2D eigenvalue weighted by atomic mass is 9.55. The number of rotatable bonds is 5. The molecule has 0 saturated carbocycles. The molecule has 12 rings (SSSR count). The van der Waals surface area contributed by atoms with Gasteiger partial charge in [0, 0.05) is 27.8 Å². The Balaban J connectivity index is 1.02. The van der Waals surface area contributed by atoms with Crippen molar-refractivity contribution in [1.29, 1.82) is 0 Å². The van der Waals surface area contributed by atoms with E-state index in [2.05, 4.69) is 245 Å². The second-order valence-corrected chi connectivity index (χ2v) is 18.4. The largest absolute Gasteiger partial charge is 0.310 e. The zero-order valence-corrected chi connectivity index (χ0v) is 35.7. The third kappa shape index (κ3) is 5.03. The van der Waals surface area contributed by atoms with Gasteiger partial charge in [-0.2, -0.15) is 0 Å². The zero-order chi connectivity index (χ0) is 41.8. The van der Waals surface area contributed by atoms with Crippen LogP contribution in [-0.4, -0.2) is 0 Å². The first-order valence-electron chi connectivity index (χ1n) is 22.0. The molecule has 62 heavy (non-hydrogen) atoms. The molecule has 3 aliphatic rings. The van der Waals surface area contributed by atoms with Gasteiger partial charge >= 0.3 is 0 Å². The molecule has 0 saturated heterocycles. The van der Waals surface area contributed by atoms with E-state index in [0.29, 0.717) is 0 Å². The van der Waals surface area contributed by atoms with E-state index in [9.17, 15) is 0 Å². The van der Waals surface area contributed by atoms with Gasteiger partial charge < -0.3 is 4.90 Å². The van der Waals surface area contributed by atoms with Gasteiger partial charge in [-0.15, -0.1) is 0 Å². The van der Waals surface area contributed by atoms with Crippen LogP contribution < -0.4 is 4.90 Å². The van der Waals surface area contributed by atoms with Gasteiger partial charge in [0.15, 0.2) is 0 Å². The Morgan fingerprint density at radius 2 is 0.726 bits per heavy atom. The fraction of sp³-hybridized carbons (Fsp3) is 0.115. The Labute approximate surface area is 365 Å². The van der Waals surface area contributed by atoms with Crippen LogP contribution in [-0.2, 0) is 16.2 Å². The summed E-state index contributed by atoms with van der Waals surface area (Å²) in [4.78, 5) is 2.46. The monoisotopic (exact) mass is 793 g/mol. The lowest BCUT2D eigenvalue weighted by molar-refractivity contribution is 0.563. The molecule has 0 atom stereocenters. The predicted octanol–water partition coefficient (Wildman–Crippen LogP) is 15.8. The molecular formula is C61H47N. The lowest BCUT2D eigenvalue weighted by Gasteiger charge is -2.46. The third-order valence-corrected chi connectivity index (χ3v) is 14.6. The second kappa shape index (κ2) is 13.4. The molecule has 0 amide bonds. The minimum absolute atomic E-state index is 0.115. The standard InChI is InChI=1S/C61H47N/c1-59(2)50-23-11-8-21-46(50)48-37-35-44(39-56(48)59)62(58-29-17-10-20-45(58)41-18-6-5-7-19-41)43-33-30-40(31-34-43)42-32-36-49-47-22-9-12-24-51(47)61(57(49)38-42)54-27-15-13-25-52(54)60(3,4)53-26-14-16-28-55(53)61/h5-39H,1-4H3. The molecule has 296 valence electrons. The van der Waals surface area contributed by atoms with Crippen LogP contribution in [0.15, 0.2) is 212 Å². The molecule has 0 unspecified atom stereocenters. The van der Waals surface area contributed by atoms with Gasteiger partial charge in [0.1, 0.15) is 0 Å². The van der Waals surface area contributed by atoms with Crippen molar-refractivity contribution in [2.24, 2.45) is 0 Å². The first-order valence-corrected chi connectivity index (χ1v) is 22.0. The highest BCUT2D eigenvalue weighted by molar-refractivity contribution is 5.93. The van der Waals surface area contributed by atoms with Crippen molar-refractivity contribution < 1.29 is 0 Å². The van der Waals surface area contributed by atoms with Crippen LogP contribution in [0.3, 0.4) is 0 Å². The lowest BCUT2D eigenvalue weighted by Crippen LogP contribution is -2.40. The van der Waals surface area contributed by atoms with E-state index in [1.54, 1.807) is 0 Å². The maximum atomic E-state index is 2.50. The molecule has 0 aliphatic heterocycles. The molecule has 0 bridgehead atoms. The Kier molecular flexibility index (Phi) is 7.91. The molecule has 1 heteroatoms. The molecule has 3 aliphatic carbocycles. The number of fused-ring (bicyclic) bond motifs is 12. The van der Waals surface area contributed by atoms with E-state index in [4.69, 9.17) is 0 Å². The van der Waals surface area contributed by atoms with Gasteiger partial charge in [0.2, 0.25) is 0 Å². The van der Waals surface area contributed by atoms with Crippen LogP contribution in [0.25, 0.3) is 44.5 Å². The minimum atomic E-state index is -0.427. The summed E-state index contributed by atoms with van der Waals surface area (Å²) in [7, 11) is 0. The quantitative estimate of drug-likeness (QED) is 0.168. The molecule has 1 nitrogen and oxygen atoms in total. The highest BCUT2D eigenvalue weighted by Gasteiger charge is 2.53. The van der Waals surface area contributed by atoms with Gasteiger partial charge in [-0.05, 0) is 120 Å². The number of nitrogens with zero attached hydrogens (tertiary/aromatic N) is 1. The molecule has 0 aromatic heterocycles. The summed E-state index contributed by atoms with van der Waals surface area (Å²) in [5.74, 6) is 0. The van der Waals surface area contributed by atoms with Crippen LogP contribution in [0.4, 0.5) is 17.1 Å². The van der Waals surface area contributed by atoms with Gasteiger partial charge in [-0.1, -0.05) is 204 Å². The summed E-state index contributed by atoms with van der Waals surface area (Å²) >= 11 is 0.